The number of aromatic nitrogens is 2. The first-order valence-corrected chi connectivity index (χ1v) is 8.56. The molecular weight excluding hydrogens is 298 g/mol. The highest BCUT2D eigenvalue weighted by atomic mass is 15.3. The fourth-order valence-corrected chi connectivity index (χ4v) is 3.38. The highest BCUT2D eigenvalue weighted by molar-refractivity contribution is 5.56. The van der Waals surface area contributed by atoms with Crippen LogP contribution in [0.5, 0.6) is 0 Å². The average Bonchev–Trinajstić information content (AvgIpc) is 2.98. The zero-order chi connectivity index (χ0) is 17.1. The smallest absolute Gasteiger partial charge is 0.140 e. The van der Waals surface area contributed by atoms with Crippen molar-refractivity contribution in [2.45, 2.75) is 25.9 Å². The third-order valence-electron chi connectivity index (χ3n) is 4.90. The summed E-state index contributed by atoms with van der Waals surface area (Å²) < 4.78 is 2.05. The second kappa shape index (κ2) is 7.16. The minimum Gasteiger partial charge on any atom is -0.329 e. The Morgan fingerprint density at radius 2 is 1.67 bits per heavy atom. The summed E-state index contributed by atoms with van der Waals surface area (Å²) in [5.74, 6) is 0.909. The van der Waals surface area contributed by atoms with Crippen LogP contribution < -0.4 is 0 Å². The molecule has 0 aliphatic carbocycles. The number of hydrogen-bond acceptors (Lipinski definition) is 4. The number of imidazole rings is 1. The first-order chi connectivity index (χ1) is 11.6. The van der Waals surface area contributed by atoms with Gasteiger partial charge in [-0.15, -0.1) is 0 Å². The minimum absolute atomic E-state index is 0.241. The molecule has 1 aliphatic rings. The van der Waals surface area contributed by atoms with E-state index in [1.807, 2.05) is 31.4 Å². The number of nitrogens with zero attached hydrogens (tertiary/aromatic N) is 5. The minimum atomic E-state index is -0.241. The first kappa shape index (κ1) is 16.7. The molecule has 1 aliphatic heterocycles. The van der Waals surface area contributed by atoms with E-state index >= 15 is 0 Å². The summed E-state index contributed by atoms with van der Waals surface area (Å²) in [7, 11) is 2.00. The molecule has 126 valence electrons. The third-order valence-corrected chi connectivity index (χ3v) is 4.90. The summed E-state index contributed by atoms with van der Waals surface area (Å²) in [5.41, 5.74) is 2.04. The molecule has 5 nitrogen and oxygen atoms in total. The van der Waals surface area contributed by atoms with E-state index in [1.54, 1.807) is 0 Å². The van der Waals surface area contributed by atoms with Gasteiger partial charge in [-0.2, -0.15) is 5.26 Å². The lowest BCUT2D eigenvalue weighted by atomic mass is 10.1. The zero-order valence-corrected chi connectivity index (χ0v) is 14.7. The van der Waals surface area contributed by atoms with E-state index in [-0.39, 0.29) is 6.04 Å². The van der Waals surface area contributed by atoms with Gasteiger partial charge in [0.15, 0.2) is 0 Å². The van der Waals surface area contributed by atoms with Crippen molar-refractivity contribution in [1.82, 2.24) is 19.4 Å². The Labute approximate surface area is 144 Å². The van der Waals surface area contributed by atoms with Crippen LogP contribution in [-0.4, -0.2) is 51.6 Å². The molecule has 3 rings (SSSR count). The normalized spacial score (nSPS) is 17.8. The van der Waals surface area contributed by atoms with Crippen LogP contribution in [-0.2, 0) is 7.05 Å². The van der Waals surface area contributed by atoms with Gasteiger partial charge in [0.25, 0.3) is 0 Å². The van der Waals surface area contributed by atoms with Gasteiger partial charge in [-0.1, -0.05) is 30.3 Å². The molecule has 24 heavy (non-hydrogen) atoms. The molecule has 0 spiro atoms. The summed E-state index contributed by atoms with van der Waals surface area (Å²) in [4.78, 5) is 9.30. The molecule has 0 amide bonds. The molecule has 0 bridgehead atoms. The highest BCUT2D eigenvalue weighted by Crippen LogP contribution is 2.26. The molecule has 1 fully saturated rings. The Kier molecular flexibility index (Phi) is 4.98. The summed E-state index contributed by atoms with van der Waals surface area (Å²) in [5, 5.41) is 9.76. The lowest BCUT2D eigenvalue weighted by molar-refractivity contribution is 0.0914. The van der Waals surface area contributed by atoms with Crippen molar-refractivity contribution < 1.29 is 0 Å². The number of benzene rings is 1. The molecule has 1 aromatic heterocycles. The maximum absolute atomic E-state index is 9.76. The zero-order valence-electron chi connectivity index (χ0n) is 14.7. The van der Waals surface area contributed by atoms with Crippen LogP contribution in [0.1, 0.15) is 25.6 Å². The molecule has 1 aromatic carbocycles. The number of hydrogen-bond donors (Lipinski definition) is 0. The number of nitriles is 1. The van der Waals surface area contributed by atoms with Gasteiger partial charge in [0.1, 0.15) is 11.9 Å². The van der Waals surface area contributed by atoms with Gasteiger partial charge in [0, 0.05) is 44.8 Å². The average molecular weight is 323 g/mol. The molecule has 1 atom stereocenters. The van der Waals surface area contributed by atoms with Gasteiger partial charge in [-0.3, -0.25) is 9.80 Å². The van der Waals surface area contributed by atoms with Crippen LogP contribution in [0.3, 0.4) is 0 Å². The molecule has 0 saturated carbocycles. The van der Waals surface area contributed by atoms with Gasteiger partial charge in [-0.05, 0) is 13.8 Å². The predicted molar refractivity (Wildman–Crippen MR) is 95.3 cm³/mol. The monoisotopic (exact) mass is 323 g/mol. The second-order valence-corrected chi connectivity index (χ2v) is 6.63. The second-order valence-electron chi connectivity index (χ2n) is 6.63. The van der Waals surface area contributed by atoms with E-state index in [4.69, 9.17) is 0 Å². The van der Waals surface area contributed by atoms with Gasteiger partial charge in [0.05, 0.1) is 18.0 Å². The van der Waals surface area contributed by atoms with Gasteiger partial charge >= 0.3 is 0 Å². The van der Waals surface area contributed by atoms with E-state index in [9.17, 15) is 5.26 Å². The van der Waals surface area contributed by atoms with E-state index in [0.717, 1.165) is 43.3 Å². The molecule has 1 unspecified atom stereocenters. The molecule has 5 heteroatoms. The molecule has 1 saturated heterocycles. The fraction of sp³-hybridized carbons (Fsp3) is 0.474. The standard InChI is InChI=1S/C19H25N5/c1-15(2)23-9-11-24(12-10-23)17(13-20)18-14-21-19(22(18)3)16-7-5-4-6-8-16/h4-8,14-15,17H,9-12H2,1-3H3. The van der Waals surface area contributed by atoms with Gasteiger partial charge in [-0.25, -0.2) is 4.98 Å². The van der Waals surface area contributed by atoms with Crippen molar-refractivity contribution in [3.8, 4) is 17.5 Å². The topological polar surface area (TPSA) is 48.1 Å². The lowest BCUT2D eigenvalue weighted by Gasteiger charge is -2.38. The summed E-state index contributed by atoms with van der Waals surface area (Å²) in [6.45, 7) is 8.32. The van der Waals surface area contributed by atoms with Crippen LogP contribution in [0.4, 0.5) is 0 Å². The van der Waals surface area contributed by atoms with Crippen LogP contribution in [0, 0.1) is 11.3 Å². The maximum atomic E-state index is 9.76. The van der Waals surface area contributed by atoms with Crippen molar-refractivity contribution in [2.75, 3.05) is 26.2 Å². The van der Waals surface area contributed by atoms with Gasteiger partial charge < -0.3 is 4.57 Å². The van der Waals surface area contributed by atoms with Crippen molar-refractivity contribution in [1.29, 1.82) is 5.26 Å². The van der Waals surface area contributed by atoms with Crippen LogP contribution in [0.25, 0.3) is 11.4 Å². The van der Waals surface area contributed by atoms with Crippen molar-refractivity contribution in [3.63, 3.8) is 0 Å². The molecule has 0 radical (unpaired) electrons. The van der Waals surface area contributed by atoms with Crippen molar-refractivity contribution in [3.05, 3.63) is 42.2 Å². The van der Waals surface area contributed by atoms with E-state index in [2.05, 4.69) is 51.4 Å². The van der Waals surface area contributed by atoms with Crippen LogP contribution in [0.15, 0.2) is 36.5 Å². The SMILES string of the molecule is CC(C)N1CCN(C(C#N)c2cnc(-c3ccccc3)n2C)CC1. The van der Waals surface area contributed by atoms with Crippen molar-refractivity contribution in [2.24, 2.45) is 7.05 Å². The molecule has 2 aromatic rings. The first-order valence-electron chi connectivity index (χ1n) is 8.56. The number of rotatable bonds is 4. The van der Waals surface area contributed by atoms with Crippen molar-refractivity contribution >= 4 is 0 Å². The maximum Gasteiger partial charge on any atom is 0.140 e. The van der Waals surface area contributed by atoms with E-state index in [1.165, 1.54) is 0 Å². The van der Waals surface area contributed by atoms with Crippen LogP contribution in [0.2, 0.25) is 0 Å². The van der Waals surface area contributed by atoms with E-state index in [0.29, 0.717) is 6.04 Å². The number of piperazine rings is 1. The largest absolute Gasteiger partial charge is 0.329 e. The van der Waals surface area contributed by atoms with E-state index < -0.39 is 0 Å². The summed E-state index contributed by atoms with van der Waals surface area (Å²) in [6, 6.07) is 12.9. The predicted octanol–water partition coefficient (Wildman–Crippen LogP) is 2.68. The summed E-state index contributed by atoms with van der Waals surface area (Å²) in [6.07, 6.45) is 1.85. The Balaban J connectivity index is 1.80. The lowest BCUT2D eigenvalue weighted by Crippen LogP contribution is -2.49. The molecule has 2 heterocycles. The summed E-state index contributed by atoms with van der Waals surface area (Å²) >= 11 is 0. The fourth-order valence-electron chi connectivity index (χ4n) is 3.38. The molecular formula is C19H25N5. The third kappa shape index (κ3) is 3.21. The Bertz CT molecular complexity index is 705. The Morgan fingerprint density at radius 1 is 1.04 bits per heavy atom. The van der Waals surface area contributed by atoms with Gasteiger partial charge in [0.2, 0.25) is 0 Å². The Morgan fingerprint density at radius 3 is 2.25 bits per heavy atom. The Hall–Kier alpha value is -2.16. The van der Waals surface area contributed by atoms with Crippen LogP contribution >= 0.6 is 0 Å². The highest BCUT2D eigenvalue weighted by Gasteiger charge is 2.28. The molecule has 0 N–H and O–H groups in total. The quantitative estimate of drug-likeness (QED) is 0.868.